The summed E-state index contributed by atoms with van der Waals surface area (Å²) in [5.74, 6) is 0.0112. The van der Waals surface area contributed by atoms with Crippen molar-refractivity contribution in [1.82, 2.24) is 19.8 Å². The molecule has 0 bridgehead atoms. The molecule has 6 heteroatoms. The molecule has 1 rings (SSSR count). The van der Waals surface area contributed by atoms with Crippen LogP contribution in [0.25, 0.3) is 0 Å². The van der Waals surface area contributed by atoms with Gasteiger partial charge in [0.1, 0.15) is 4.88 Å². The van der Waals surface area contributed by atoms with Gasteiger partial charge in [-0.05, 0) is 25.0 Å². The lowest BCUT2D eigenvalue weighted by atomic mass is 10.3. The summed E-state index contributed by atoms with van der Waals surface area (Å²) >= 11 is 1.17. The summed E-state index contributed by atoms with van der Waals surface area (Å²) in [4.78, 5) is 14.3. The monoisotopic (exact) mass is 228 g/mol. The first kappa shape index (κ1) is 12.1. The van der Waals surface area contributed by atoms with E-state index in [9.17, 15) is 4.79 Å². The average Bonchev–Trinajstić information content (AvgIpc) is 2.72. The molecule has 84 valence electrons. The molecule has 1 aromatic heterocycles. The van der Waals surface area contributed by atoms with Crippen molar-refractivity contribution in [2.75, 3.05) is 27.2 Å². The van der Waals surface area contributed by atoms with Crippen LogP contribution in [0.4, 0.5) is 0 Å². The minimum absolute atomic E-state index is 0.0112. The zero-order valence-electron chi connectivity index (χ0n) is 9.28. The zero-order chi connectivity index (χ0) is 11.3. The second-order valence-electron chi connectivity index (χ2n) is 3.23. The lowest BCUT2D eigenvalue weighted by molar-refractivity contribution is 0.0800. The van der Waals surface area contributed by atoms with Crippen molar-refractivity contribution in [1.29, 1.82) is 0 Å². The highest BCUT2D eigenvalue weighted by atomic mass is 32.1. The van der Waals surface area contributed by atoms with Gasteiger partial charge in [-0.15, -0.1) is 5.10 Å². The molecule has 5 nitrogen and oxygen atoms in total. The van der Waals surface area contributed by atoms with Crippen LogP contribution in [0.3, 0.4) is 0 Å². The maximum atomic E-state index is 11.9. The molecule has 15 heavy (non-hydrogen) atoms. The molecule has 0 aliphatic heterocycles. The topological polar surface area (TPSA) is 58.1 Å². The summed E-state index contributed by atoms with van der Waals surface area (Å²) in [7, 11) is 3.66. The van der Waals surface area contributed by atoms with Crippen LogP contribution >= 0.6 is 11.5 Å². The summed E-state index contributed by atoms with van der Waals surface area (Å²) < 4.78 is 3.81. The number of nitrogens with one attached hydrogen (secondary N) is 1. The lowest BCUT2D eigenvalue weighted by Crippen LogP contribution is -2.32. The van der Waals surface area contributed by atoms with E-state index in [1.807, 2.05) is 14.0 Å². The molecule has 0 saturated heterocycles. The molecule has 0 fully saturated rings. The molecule has 1 amide bonds. The van der Waals surface area contributed by atoms with Gasteiger partial charge in [-0.1, -0.05) is 11.4 Å². The number of aromatic nitrogens is 2. The maximum absolute atomic E-state index is 11.9. The third kappa shape index (κ3) is 2.97. The van der Waals surface area contributed by atoms with Crippen molar-refractivity contribution in [3.8, 4) is 0 Å². The first-order valence-electron chi connectivity index (χ1n) is 4.92. The first-order valence-corrected chi connectivity index (χ1v) is 5.69. The maximum Gasteiger partial charge on any atom is 0.267 e. The Morgan fingerprint density at radius 3 is 2.93 bits per heavy atom. The molecule has 1 N–H and O–H groups in total. The Bertz CT molecular complexity index is 326. The Labute approximate surface area is 93.6 Å². The van der Waals surface area contributed by atoms with Crippen LogP contribution < -0.4 is 5.32 Å². The number of aryl methyl sites for hydroxylation is 1. The fourth-order valence-corrected chi connectivity index (χ4v) is 1.90. The normalized spacial score (nSPS) is 10.3. The van der Waals surface area contributed by atoms with Crippen molar-refractivity contribution >= 4 is 17.4 Å². The van der Waals surface area contributed by atoms with Crippen molar-refractivity contribution in [3.05, 3.63) is 10.6 Å². The number of carbonyl (C=O) groups is 1. The van der Waals surface area contributed by atoms with Crippen LogP contribution in [-0.4, -0.2) is 47.6 Å². The number of likely N-dealkylation sites (N-methyl/N-ethyl adjacent to an activating group) is 2. The quantitative estimate of drug-likeness (QED) is 0.792. The van der Waals surface area contributed by atoms with E-state index in [2.05, 4.69) is 14.9 Å². The highest BCUT2D eigenvalue weighted by Crippen LogP contribution is 2.13. The fraction of sp³-hybridized carbons (Fsp3) is 0.667. The Morgan fingerprint density at radius 1 is 1.60 bits per heavy atom. The molecule has 0 unspecified atom stereocenters. The van der Waals surface area contributed by atoms with Gasteiger partial charge < -0.3 is 10.2 Å². The predicted molar refractivity (Wildman–Crippen MR) is 60.2 cm³/mol. The number of nitrogens with zero attached hydrogens (tertiary/aromatic N) is 3. The summed E-state index contributed by atoms with van der Waals surface area (Å²) in [5.41, 5.74) is 0.793. The molecular formula is C9H16N4OS. The second-order valence-corrected chi connectivity index (χ2v) is 3.99. The summed E-state index contributed by atoms with van der Waals surface area (Å²) in [6.45, 7) is 3.45. The summed E-state index contributed by atoms with van der Waals surface area (Å²) in [6, 6.07) is 0. The minimum atomic E-state index is 0.0112. The van der Waals surface area contributed by atoms with Crippen LogP contribution in [-0.2, 0) is 6.42 Å². The van der Waals surface area contributed by atoms with Crippen LogP contribution in [0.15, 0.2) is 0 Å². The van der Waals surface area contributed by atoms with Crippen molar-refractivity contribution in [2.24, 2.45) is 0 Å². The smallest absolute Gasteiger partial charge is 0.267 e. The van der Waals surface area contributed by atoms with Gasteiger partial charge in [0.15, 0.2) is 0 Å². The van der Waals surface area contributed by atoms with Gasteiger partial charge in [-0.25, -0.2) is 0 Å². The van der Waals surface area contributed by atoms with Crippen LogP contribution in [0.5, 0.6) is 0 Å². The van der Waals surface area contributed by atoms with E-state index in [1.165, 1.54) is 11.5 Å². The zero-order valence-corrected chi connectivity index (χ0v) is 10.1. The molecule has 0 spiro atoms. The highest BCUT2D eigenvalue weighted by molar-refractivity contribution is 7.07. The van der Waals surface area contributed by atoms with Gasteiger partial charge in [-0.2, -0.15) is 0 Å². The van der Waals surface area contributed by atoms with Gasteiger partial charge in [0.2, 0.25) is 0 Å². The van der Waals surface area contributed by atoms with Gasteiger partial charge in [-0.3, -0.25) is 4.79 Å². The molecule has 0 aromatic carbocycles. The van der Waals surface area contributed by atoms with Crippen LogP contribution in [0, 0.1) is 0 Å². The average molecular weight is 228 g/mol. The fourth-order valence-electron chi connectivity index (χ4n) is 1.16. The van der Waals surface area contributed by atoms with Crippen molar-refractivity contribution in [2.45, 2.75) is 13.3 Å². The Morgan fingerprint density at radius 2 is 2.33 bits per heavy atom. The molecule has 0 radical (unpaired) electrons. The molecule has 0 aliphatic rings. The van der Waals surface area contributed by atoms with Crippen molar-refractivity contribution < 1.29 is 4.79 Å². The Kier molecular flexibility index (Phi) is 4.64. The van der Waals surface area contributed by atoms with E-state index >= 15 is 0 Å². The second kappa shape index (κ2) is 5.77. The minimum Gasteiger partial charge on any atom is -0.340 e. The third-order valence-corrected chi connectivity index (χ3v) is 2.88. The molecule has 0 atom stereocenters. The molecule has 1 heterocycles. The predicted octanol–water partition coefficient (Wildman–Crippen LogP) is 0.392. The molecular weight excluding hydrogens is 212 g/mol. The van der Waals surface area contributed by atoms with E-state index in [-0.39, 0.29) is 5.91 Å². The molecule has 0 aliphatic carbocycles. The van der Waals surface area contributed by atoms with Gasteiger partial charge >= 0.3 is 0 Å². The van der Waals surface area contributed by atoms with E-state index < -0.39 is 0 Å². The van der Waals surface area contributed by atoms with E-state index in [0.29, 0.717) is 11.4 Å². The summed E-state index contributed by atoms with van der Waals surface area (Å²) in [6.07, 6.45) is 0.747. The van der Waals surface area contributed by atoms with E-state index in [0.717, 1.165) is 18.7 Å². The van der Waals surface area contributed by atoms with Gasteiger partial charge in [0.25, 0.3) is 5.91 Å². The SMILES string of the molecule is CCc1nnsc1C(=O)N(C)CCNC. The first-order chi connectivity index (χ1) is 7.20. The third-order valence-electron chi connectivity index (χ3n) is 2.13. The number of carbonyl (C=O) groups excluding carboxylic acids is 1. The molecule has 1 aromatic rings. The number of hydrogen-bond acceptors (Lipinski definition) is 5. The molecule has 0 saturated carbocycles. The largest absolute Gasteiger partial charge is 0.340 e. The standard InChI is InChI=1S/C9H16N4OS/c1-4-7-8(15-12-11-7)9(14)13(3)6-5-10-2/h10H,4-6H2,1-3H3. The van der Waals surface area contributed by atoms with Crippen LogP contribution in [0.1, 0.15) is 22.3 Å². The van der Waals surface area contributed by atoms with E-state index in [4.69, 9.17) is 0 Å². The summed E-state index contributed by atoms with van der Waals surface area (Å²) in [5, 5.41) is 6.93. The number of amides is 1. The van der Waals surface area contributed by atoms with Crippen LogP contribution in [0.2, 0.25) is 0 Å². The van der Waals surface area contributed by atoms with Gasteiger partial charge in [0, 0.05) is 20.1 Å². The number of hydrogen-bond donors (Lipinski definition) is 1. The Hall–Kier alpha value is -1.01. The Balaban J connectivity index is 2.67. The highest BCUT2D eigenvalue weighted by Gasteiger charge is 2.18. The van der Waals surface area contributed by atoms with Gasteiger partial charge in [0.05, 0.1) is 5.69 Å². The van der Waals surface area contributed by atoms with E-state index in [1.54, 1.807) is 11.9 Å². The number of rotatable bonds is 5. The van der Waals surface area contributed by atoms with Crippen molar-refractivity contribution in [3.63, 3.8) is 0 Å². The lowest BCUT2D eigenvalue weighted by Gasteiger charge is -2.15.